The molecule has 1 aliphatic rings. The molecule has 1 aromatic rings. The topological polar surface area (TPSA) is 80.9 Å². The number of carbonyl (C=O) groups excluding carboxylic acids is 1. The van der Waals surface area contributed by atoms with E-state index < -0.39 is 0 Å². The smallest absolute Gasteiger partial charge is 0.271 e. The molecule has 0 aromatic carbocycles. The molecule has 0 saturated heterocycles. The maximum absolute atomic E-state index is 11.7. The molecule has 5 heteroatoms. The van der Waals surface area contributed by atoms with Gasteiger partial charge in [-0.25, -0.2) is 0 Å². The van der Waals surface area contributed by atoms with Crippen molar-refractivity contribution in [2.45, 2.75) is 38.5 Å². The van der Waals surface area contributed by atoms with E-state index in [1.807, 2.05) is 0 Å². The number of nitrogens with two attached hydrogens (primary N) is 1. The minimum atomic E-state index is -0.168. The molecular weight excluding hydrogens is 228 g/mol. The molecule has 1 amide bonds. The van der Waals surface area contributed by atoms with E-state index in [9.17, 15) is 4.79 Å². The Hall–Kier alpha value is -1.65. The molecule has 0 atom stereocenters. The van der Waals surface area contributed by atoms with Gasteiger partial charge >= 0.3 is 0 Å². The van der Waals surface area contributed by atoms with Gasteiger partial charge in [-0.3, -0.25) is 4.79 Å². The summed E-state index contributed by atoms with van der Waals surface area (Å²) in [6.07, 6.45) is 7.71. The number of amides is 1. The molecule has 0 bridgehead atoms. The third-order valence-corrected chi connectivity index (χ3v) is 3.48. The van der Waals surface area contributed by atoms with Crippen molar-refractivity contribution < 1.29 is 4.79 Å². The van der Waals surface area contributed by atoms with Crippen LogP contribution in [0.1, 0.15) is 49.0 Å². The van der Waals surface area contributed by atoms with E-state index in [1.165, 1.54) is 32.1 Å². The first-order valence-corrected chi connectivity index (χ1v) is 6.63. The number of nitrogen functional groups attached to an aromatic ring is 1. The monoisotopic (exact) mass is 248 g/mol. The Morgan fingerprint density at radius 1 is 1.28 bits per heavy atom. The van der Waals surface area contributed by atoms with E-state index in [1.54, 1.807) is 12.1 Å². The fraction of sp³-hybridized carbons (Fsp3) is 0.615. The van der Waals surface area contributed by atoms with Crippen LogP contribution >= 0.6 is 0 Å². The quantitative estimate of drug-likeness (QED) is 0.850. The third kappa shape index (κ3) is 3.68. The average Bonchev–Trinajstić information content (AvgIpc) is 2.40. The van der Waals surface area contributed by atoms with Gasteiger partial charge in [0.15, 0.2) is 5.69 Å². The van der Waals surface area contributed by atoms with Gasteiger partial charge in [0.25, 0.3) is 5.91 Å². The molecule has 1 aliphatic carbocycles. The number of rotatable bonds is 4. The van der Waals surface area contributed by atoms with E-state index in [0.717, 1.165) is 18.9 Å². The zero-order chi connectivity index (χ0) is 12.8. The van der Waals surface area contributed by atoms with Crippen LogP contribution in [0.25, 0.3) is 0 Å². The number of aromatic nitrogens is 2. The molecule has 1 fully saturated rings. The predicted molar refractivity (Wildman–Crippen MR) is 70.0 cm³/mol. The molecule has 1 saturated carbocycles. The summed E-state index contributed by atoms with van der Waals surface area (Å²) in [5, 5.41) is 10.3. The Morgan fingerprint density at radius 2 is 2.06 bits per heavy atom. The van der Waals surface area contributed by atoms with Crippen LogP contribution in [-0.2, 0) is 0 Å². The summed E-state index contributed by atoms with van der Waals surface area (Å²) >= 11 is 0. The van der Waals surface area contributed by atoms with Gasteiger partial charge in [0.2, 0.25) is 0 Å². The van der Waals surface area contributed by atoms with Gasteiger partial charge in [-0.1, -0.05) is 32.1 Å². The second kappa shape index (κ2) is 6.33. The molecule has 3 N–H and O–H groups in total. The van der Waals surface area contributed by atoms with Crippen LogP contribution in [0.3, 0.4) is 0 Å². The predicted octanol–water partition coefficient (Wildman–Crippen LogP) is 1.76. The lowest BCUT2D eigenvalue weighted by atomic mass is 9.87. The summed E-state index contributed by atoms with van der Waals surface area (Å²) in [4.78, 5) is 11.7. The van der Waals surface area contributed by atoms with E-state index in [2.05, 4.69) is 15.5 Å². The Kier molecular flexibility index (Phi) is 4.50. The SMILES string of the molecule is Nc1ccc(C(=O)NCCC2CCCCC2)nn1. The molecule has 1 aromatic heterocycles. The van der Waals surface area contributed by atoms with Crippen LogP contribution in [0.2, 0.25) is 0 Å². The zero-order valence-corrected chi connectivity index (χ0v) is 10.6. The minimum absolute atomic E-state index is 0.168. The van der Waals surface area contributed by atoms with E-state index in [0.29, 0.717) is 11.5 Å². The Bertz CT molecular complexity index is 384. The molecule has 5 nitrogen and oxygen atoms in total. The molecule has 0 radical (unpaired) electrons. The summed E-state index contributed by atoms with van der Waals surface area (Å²) in [7, 11) is 0. The van der Waals surface area contributed by atoms with Crippen LogP contribution in [0, 0.1) is 5.92 Å². The van der Waals surface area contributed by atoms with Gasteiger partial charge in [0, 0.05) is 6.54 Å². The van der Waals surface area contributed by atoms with Gasteiger partial charge in [-0.2, -0.15) is 0 Å². The molecule has 0 unspecified atom stereocenters. The molecular formula is C13H20N4O. The van der Waals surface area contributed by atoms with Gasteiger partial charge in [0.05, 0.1) is 0 Å². The lowest BCUT2D eigenvalue weighted by Crippen LogP contribution is -2.27. The highest BCUT2D eigenvalue weighted by Crippen LogP contribution is 2.25. The summed E-state index contributed by atoms with van der Waals surface area (Å²) < 4.78 is 0. The van der Waals surface area contributed by atoms with E-state index in [4.69, 9.17) is 5.73 Å². The zero-order valence-electron chi connectivity index (χ0n) is 10.6. The molecule has 98 valence electrons. The summed E-state index contributed by atoms with van der Waals surface area (Å²) in [5.41, 5.74) is 5.75. The van der Waals surface area contributed by atoms with Gasteiger partial charge < -0.3 is 11.1 Å². The molecule has 18 heavy (non-hydrogen) atoms. The van der Waals surface area contributed by atoms with Crippen LogP contribution in [0.4, 0.5) is 5.82 Å². The standard InChI is InChI=1S/C13H20N4O/c14-12-7-6-11(16-17-12)13(18)15-9-8-10-4-2-1-3-5-10/h6-7,10H,1-5,8-9H2,(H2,14,17)(H,15,18). The summed E-state index contributed by atoms with van der Waals surface area (Å²) in [6.45, 7) is 0.718. The second-order valence-electron chi connectivity index (χ2n) is 4.89. The van der Waals surface area contributed by atoms with E-state index in [-0.39, 0.29) is 5.91 Å². The van der Waals surface area contributed by atoms with Crippen LogP contribution < -0.4 is 11.1 Å². The lowest BCUT2D eigenvalue weighted by molar-refractivity contribution is 0.0944. The first-order chi connectivity index (χ1) is 8.75. The maximum atomic E-state index is 11.7. The summed E-state index contributed by atoms with van der Waals surface area (Å²) in [6, 6.07) is 3.18. The Labute approximate surface area is 107 Å². The molecule has 2 rings (SSSR count). The Balaban J connectivity index is 1.72. The van der Waals surface area contributed by atoms with Crippen molar-refractivity contribution >= 4 is 11.7 Å². The number of anilines is 1. The largest absolute Gasteiger partial charge is 0.382 e. The van der Waals surface area contributed by atoms with Crippen molar-refractivity contribution in [2.75, 3.05) is 12.3 Å². The van der Waals surface area contributed by atoms with Crippen molar-refractivity contribution in [3.63, 3.8) is 0 Å². The normalized spacial score (nSPS) is 16.4. The highest BCUT2D eigenvalue weighted by atomic mass is 16.1. The van der Waals surface area contributed by atoms with Gasteiger partial charge in [-0.15, -0.1) is 10.2 Å². The molecule has 1 heterocycles. The van der Waals surface area contributed by atoms with Crippen LogP contribution in [-0.4, -0.2) is 22.6 Å². The second-order valence-corrected chi connectivity index (χ2v) is 4.89. The van der Waals surface area contributed by atoms with Crippen molar-refractivity contribution in [1.82, 2.24) is 15.5 Å². The number of hydrogen-bond acceptors (Lipinski definition) is 4. The van der Waals surface area contributed by atoms with Crippen LogP contribution in [0.5, 0.6) is 0 Å². The van der Waals surface area contributed by atoms with Gasteiger partial charge in [-0.05, 0) is 24.5 Å². The maximum Gasteiger partial charge on any atom is 0.271 e. The third-order valence-electron chi connectivity index (χ3n) is 3.48. The lowest BCUT2D eigenvalue weighted by Gasteiger charge is -2.21. The highest BCUT2D eigenvalue weighted by Gasteiger charge is 2.14. The first kappa shape index (κ1) is 12.8. The number of nitrogens with zero attached hydrogens (tertiary/aromatic N) is 2. The minimum Gasteiger partial charge on any atom is -0.382 e. The molecule has 0 spiro atoms. The number of nitrogens with one attached hydrogen (secondary N) is 1. The Morgan fingerprint density at radius 3 is 2.72 bits per heavy atom. The number of hydrogen-bond donors (Lipinski definition) is 2. The number of carbonyl (C=O) groups is 1. The average molecular weight is 248 g/mol. The van der Waals surface area contributed by atoms with Crippen molar-refractivity contribution in [2.24, 2.45) is 5.92 Å². The highest BCUT2D eigenvalue weighted by molar-refractivity contribution is 5.92. The fourth-order valence-corrected chi connectivity index (χ4v) is 2.42. The van der Waals surface area contributed by atoms with Crippen molar-refractivity contribution in [3.05, 3.63) is 17.8 Å². The van der Waals surface area contributed by atoms with Gasteiger partial charge in [0.1, 0.15) is 5.82 Å². The van der Waals surface area contributed by atoms with Crippen LogP contribution in [0.15, 0.2) is 12.1 Å². The molecule has 0 aliphatic heterocycles. The van der Waals surface area contributed by atoms with E-state index >= 15 is 0 Å². The fourth-order valence-electron chi connectivity index (χ4n) is 2.42. The summed E-state index contributed by atoms with van der Waals surface area (Å²) in [5.74, 6) is 0.934. The van der Waals surface area contributed by atoms with Crippen molar-refractivity contribution in [3.8, 4) is 0 Å². The van der Waals surface area contributed by atoms with Crippen molar-refractivity contribution in [1.29, 1.82) is 0 Å². The first-order valence-electron chi connectivity index (χ1n) is 6.63.